The second-order valence-corrected chi connectivity index (χ2v) is 14.0. The van der Waals surface area contributed by atoms with Crippen molar-refractivity contribution in [3.63, 3.8) is 0 Å². The lowest BCUT2D eigenvalue weighted by Gasteiger charge is -2.18. The molecule has 43 heavy (non-hydrogen) atoms. The van der Waals surface area contributed by atoms with Crippen molar-refractivity contribution < 1.29 is 14.5 Å². The van der Waals surface area contributed by atoms with Crippen LogP contribution in [0.5, 0.6) is 0 Å². The number of nitrogens with zero attached hydrogens (tertiary/aromatic N) is 1. The van der Waals surface area contributed by atoms with E-state index in [1.165, 1.54) is 39.2 Å². The molecule has 1 nitrogen and oxygen atoms in total. The summed E-state index contributed by atoms with van der Waals surface area (Å²) in [5, 5.41) is 0. The number of alkyl halides is 1. The molecule has 0 bridgehead atoms. The van der Waals surface area contributed by atoms with Crippen LogP contribution in [0.2, 0.25) is 0 Å². The smallest absolute Gasteiger partial charge is 0.160 e. The fourth-order valence-electron chi connectivity index (χ4n) is 3.19. The van der Waals surface area contributed by atoms with Gasteiger partial charge >= 0.3 is 0 Å². The predicted molar refractivity (Wildman–Crippen MR) is 199 cm³/mol. The molecule has 4 aromatic carbocycles. The van der Waals surface area contributed by atoms with Gasteiger partial charge in [0.1, 0.15) is 0 Å². The lowest BCUT2D eigenvalue weighted by Crippen LogP contribution is -2.21. The van der Waals surface area contributed by atoms with Gasteiger partial charge in [0, 0.05) is 48.1 Å². The largest absolute Gasteiger partial charge is 0.304 e. The van der Waals surface area contributed by atoms with Gasteiger partial charge in [-0.3, -0.25) is 4.39 Å². The normalized spacial score (nSPS) is 11.0. The van der Waals surface area contributed by atoms with Crippen molar-refractivity contribution in [1.82, 2.24) is 4.90 Å². The molecule has 0 aliphatic carbocycles. The molecule has 5 rings (SSSR count). The van der Waals surface area contributed by atoms with Crippen LogP contribution in [-0.4, -0.2) is 31.7 Å². The molecule has 0 aromatic heterocycles. The van der Waals surface area contributed by atoms with Crippen molar-refractivity contribution in [1.29, 1.82) is 0 Å². The Morgan fingerprint density at radius 1 is 0.628 bits per heavy atom. The van der Waals surface area contributed by atoms with Crippen molar-refractivity contribution in [3.05, 3.63) is 93.4 Å². The Morgan fingerprint density at radius 3 is 1.23 bits per heavy atom. The van der Waals surface area contributed by atoms with Crippen LogP contribution in [0.15, 0.2) is 121 Å². The van der Waals surface area contributed by atoms with E-state index in [0.29, 0.717) is 9.79 Å². The molecule has 12 heteroatoms. The monoisotopic (exact) mass is 828 g/mol. The van der Waals surface area contributed by atoms with Gasteiger partial charge in [0.25, 0.3) is 0 Å². The predicted octanol–water partition coefficient (Wildman–Crippen LogP) is 12.6. The van der Waals surface area contributed by atoms with E-state index in [1.54, 1.807) is 0 Å². The van der Waals surface area contributed by atoms with Gasteiger partial charge in [0.15, 0.2) is 11.6 Å². The van der Waals surface area contributed by atoms with Gasteiger partial charge < -0.3 is 4.90 Å². The molecule has 0 fully saturated rings. The van der Waals surface area contributed by atoms with Crippen LogP contribution in [-0.2, 0) is 0 Å². The molecule has 1 aliphatic rings. The average molecular weight is 831 g/mol. The lowest BCUT2D eigenvalue weighted by molar-refractivity contribution is 0.321. The number of fused-ring (bicyclic) bond motifs is 2. The fourth-order valence-corrected chi connectivity index (χ4v) is 7.13. The third-order valence-electron chi connectivity index (χ3n) is 5.52. The Labute approximate surface area is 302 Å². The zero-order valence-corrected chi connectivity index (χ0v) is 32.1. The highest BCUT2D eigenvalue weighted by Gasteiger charge is 2.17. The van der Waals surface area contributed by atoms with E-state index in [1.807, 2.05) is 47.8 Å². The first kappa shape index (κ1) is 38.9. The van der Waals surface area contributed by atoms with E-state index in [2.05, 4.69) is 144 Å². The number of rotatable bonds is 3. The summed E-state index contributed by atoms with van der Waals surface area (Å²) in [5.74, 6) is -1.80. The summed E-state index contributed by atoms with van der Waals surface area (Å²) in [5.41, 5.74) is 0. The molecule has 0 unspecified atom stereocenters. The SMILES string of the molecule is Brc1cc2c(cc1Br)Sc1ccccc1S2.CCN(CC)CC.Fc1cc(S)c(S)cc1F.Sc1ccccc1S.[2H]CF. The summed E-state index contributed by atoms with van der Waals surface area (Å²) >= 11 is 26.7. The third kappa shape index (κ3) is 14.3. The van der Waals surface area contributed by atoms with Crippen LogP contribution in [0.4, 0.5) is 13.2 Å². The van der Waals surface area contributed by atoms with Gasteiger partial charge in [-0.2, -0.15) is 0 Å². The van der Waals surface area contributed by atoms with E-state index >= 15 is 0 Å². The van der Waals surface area contributed by atoms with Crippen LogP contribution in [0, 0.1) is 11.6 Å². The zero-order chi connectivity index (χ0) is 33.2. The maximum absolute atomic E-state index is 12.3. The van der Waals surface area contributed by atoms with Crippen molar-refractivity contribution >= 4 is 106 Å². The average Bonchev–Trinajstić information content (AvgIpc) is 3.00. The molecule has 4 aromatic rings. The second-order valence-electron chi connectivity index (χ2n) is 8.23. The van der Waals surface area contributed by atoms with E-state index in [4.69, 9.17) is 1.37 Å². The summed E-state index contributed by atoms with van der Waals surface area (Å²) in [6.45, 7) is 10.1. The van der Waals surface area contributed by atoms with Gasteiger partial charge in [-0.15, -0.1) is 50.5 Å². The molecular weight excluding hydrogens is 796 g/mol. The Kier molecular flexibility index (Phi) is 20.1. The molecular formula is C31H34Br2F3NS6. The molecule has 0 saturated carbocycles. The van der Waals surface area contributed by atoms with Gasteiger partial charge in [0.2, 0.25) is 0 Å². The van der Waals surface area contributed by atoms with E-state index in [9.17, 15) is 13.2 Å². The highest BCUT2D eigenvalue weighted by atomic mass is 79.9. The van der Waals surface area contributed by atoms with Gasteiger partial charge in [-0.1, -0.05) is 68.6 Å². The van der Waals surface area contributed by atoms with Gasteiger partial charge in [0.05, 0.1) is 8.52 Å². The molecule has 0 radical (unpaired) electrons. The number of benzene rings is 4. The topological polar surface area (TPSA) is 3.24 Å². The van der Waals surface area contributed by atoms with E-state index < -0.39 is 18.8 Å². The zero-order valence-electron chi connectivity index (χ0n) is 24.7. The number of thiol groups is 4. The standard InChI is InChI=1S/C12H6Br2S2.C6H4F2S2.C6H15N.C6H6S2.CH3F/c13-7-5-11-12(6-8(7)14)16-10-4-2-1-3-9(10)15-11;7-3-1-5(9)6(10)2-4(3)8;1-4-7(5-2)6-3;7-5-3-1-2-4-6(5)8;1-2/h1-6H;1-2,9-10H;4-6H2,1-3H3;1-4,7-8H;1H3/i;;;;1D. The molecule has 0 saturated heterocycles. The quantitative estimate of drug-likeness (QED) is 0.134. The lowest BCUT2D eigenvalue weighted by atomic mass is 10.3. The first-order valence-corrected chi connectivity index (χ1v) is 17.8. The van der Waals surface area contributed by atoms with Crippen molar-refractivity contribution in [2.45, 2.75) is 59.9 Å². The number of halogens is 5. The summed E-state index contributed by atoms with van der Waals surface area (Å²) < 4.78 is 42.3. The van der Waals surface area contributed by atoms with E-state index in [-0.39, 0.29) is 0 Å². The minimum absolute atomic E-state index is 0.335. The van der Waals surface area contributed by atoms with Crippen molar-refractivity contribution in [2.24, 2.45) is 0 Å². The van der Waals surface area contributed by atoms with Crippen LogP contribution < -0.4 is 0 Å². The van der Waals surface area contributed by atoms with Crippen molar-refractivity contribution in [3.8, 4) is 0 Å². The van der Waals surface area contributed by atoms with Gasteiger partial charge in [-0.05, 0) is 100 Å². The summed E-state index contributed by atoms with van der Waals surface area (Å²) in [6.07, 6.45) is 0. The van der Waals surface area contributed by atoms with Gasteiger partial charge in [-0.25, -0.2) is 8.78 Å². The van der Waals surface area contributed by atoms with Crippen LogP contribution in [0.3, 0.4) is 0 Å². The molecule has 0 N–H and O–H groups in total. The summed E-state index contributed by atoms with van der Waals surface area (Å²) in [6, 6.07) is 22.5. The Morgan fingerprint density at radius 2 is 0.953 bits per heavy atom. The van der Waals surface area contributed by atoms with Crippen LogP contribution >= 0.6 is 106 Å². The fraction of sp³-hybridized carbons (Fsp3) is 0.226. The maximum atomic E-state index is 12.3. The second kappa shape index (κ2) is 22.3. The number of hydrogen-bond acceptors (Lipinski definition) is 7. The highest BCUT2D eigenvalue weighted by Crippen LogP contribution is 2.50. The third-order valence-corrected chi connectivity index (χ3v) is 11.8. The molecule has 0 amide bonds. The maximum Gasteiger partial charge on any atom is 0.160 e. The number of hydrogen-bond donors (Lipinski definition) is 4. The molecule has 0 spiro atoms. The first-order chi connectivity index (χ1) is 20.9. The Bertz CT molecular complexity index is 1320. The van der Waals surface area contributed by atoms with Crippen molar-refractivity contribution in [2.75, 3.05) is 26.8 Å². The molecule has 234 valence electrons. The van der Waals surface area contributed by atoms with Crippen LogP contribution in [0.1, 0.15) is 22.1 Å². The molecule has 1 aliphatic heterocycles. The molecule has 1 heterocycles. The highest BCUT2D eigenvalue weighted by molar-refractivity contribution is 9.13. The Balaban J connectivity index is 0.000000301. The first-order valence-electron chi connectivity index (χ1n) is 13.5. The summed E-state index contributed by atoms with van der Waals surface area (Å²) in [4.78, 5) is 10.2. The minimum Gasteiger partial charge on any atom is -0.304 e. The Hall–Kier alpha value is -0.310. The minimum atomic E-state index is -1.00. The van der Waals surface area contributed by atoms with Crippen LogP contribution in [0.25, 0.3) is 0 Å². The van der Waals surface area contributed by atoms with E-state index in [0.717, 1.165) is 30.9 Å². The summed E-state index contributed by atoms with van der Waals surface area (Å²) in [7, 11) is -1.00. The molecule has 0 atom stereocenters.